The van der Waals surface area contributed by atoms with Crippen LogP contribution in [0.4, 0.5) is 0 Å². The summed E-state index contributed by atoms with van der Waals surface area (Å²) in [6.45, 7) is 6.65. The van der Waals surface area contributed by atoms with Crippen LogP contribution < -0.4 is 5.32 Å². The van der Waals surface area contributed by atoms with Crippen LogP contribution >= 0.6 is 7.82 Å². The molecule has 0 aromatic heterocycles. The highest BCUT2D eigenvalue weighted by Crippen LogP contribution is 2.43. The molecule has 3 atom stereocenters. The van der Waals surface area contributed by atoms with Crippen molar-refractivity contribution in [1.29, 1.82) is 0 Å². The van der Waals surface area contributed by atoms with E-state index < -0.39 is 25.9 Å². The first kappa shape index (κ1) is 65.4. The van der Waals surface area contributed by atoms with E-state index in [-0.39, 0.29) is 32.0 Å². The number of nitrogens with one attached hydrogen (secondary N) is 1. The molecule has 0 aromatic rings. The number of phosphoric acid groups is 1. The lowest BCUT2D eigenvalue weighted by Gasteiger charge is -2.27. The Morgan fingerprint density at radius 3 is 1.55 bits per heavy atom. The minimum Gasteiger partial charge on any atom is -0.456 e. The van der Waals surface area contributed by atoms with Crippen molar-refractivity contribution in [3.05, 3.63) is 122 Å². The molecular formula is C59H100N2O7P+. The van der Waals surface area contributed by atoms with Crippen LogP contribution in [0.5, 0.6) is 0 Å². The zero-order chi connectivity index (χ0) is 50.8. The molecule has 10 heteroatoms. The Hall–Kier alpha value is -3.59. The molecule has 0 radical (unpaired) electrons. The van der Waals surface area contributed by atoms with Crippen molar-refractivity contribution >= 4 is 19.7 Å². The molecule has 2 N–H and O–H groups in total. The van der Waals surface area contributed by atoms with Gasteiger partial charge in [-0.3, -0.25) is 18.6 Å². The predicted octanol–water partition coefficient (Wildman–Crippen LogP) is 16.0. The van der Waals surface area contributed by atoms with Gasteiger partial charge < -0.3 is 19.4 Å². The molecule has 0 fully saturated rings. The summed E-state index contributed by atoms with van der Waals surface area (Å²) in [7, 11) is 1.42. The summed E-state index contributed by atoms with van der Waals surface area (Å²) in [5, 5.41) is 3.00. The van der Waals surface area contributed by atoms with E-state index in [1.54, 1.807) is 6.08 Å². The lowest BCUT2D eigenvalue weighted by atomic mass is 10.1. The van der Waals surface area contributed by atoms with Gasteiger partial charge in [-0.05, 0) is 89.5 Å². The van der Waals surface area contributed by atoms with Gasteiger partial charge in [0.25, 0.3) is 0 Å². The van der Waals surface area contributed by atoms with Crippen molar-refractivity contribution < 1.29 is 37.3 Å². The van der Waals surface area contributed by atoms with Gasteiger partial charge in [0, 0.05) is 12.8 Å². The number of esters is 1. The lowest BCUT2D eigenvalue weighted by molar-refractivity contribution is -0.870. The van der Waals surface area contributed by atoms with Crippen LogP contribution in [0.2, 0.25) is 0 Å². The van der Waals surface area contributed by atoms with E-state index in [0.717, 1.165) is 96.3 Å². The molecule has 0 aliphatic carbocycles. The summed E-state index contributed by atoms with van der Waals surface area (Å²) >= 11 is 0. The van der Waals surface area contributed by atoms with Gasteiger partial charge in [-0.1, -0.05) is 207 Å². The number of quaternary nitrogens is 1. The van der Waals surface area contributed by atoms with Crippen LogP contribution in [-0.2, 0) is 27.9 Å². The SMILES string of the molecule is CC/C=C\C/C=C\C/C=C\C/C=C\C/C=C\C/C=C\CCC(=O)OC(/C=C\CCCCCCCCCCC)C(COP(=O)(O)OCC[N+](C)(C)C)NC(=O)CCCCCCC\C=C/C=C/C=C/CC. The number of likely N-dealkylation sites (N-methyl/N-ethyl adjacent to an activating group) is 1. The smallest absolute Gasteiger partial charge is 0.456 e. The maximum atomic E-state index is 13.4. The van der Waals surface area contributed by atoms with Crippen LogP contribution in [-0.4, -0.2) is 74.3 Å². The molecule has 0 saturated carbocycles. The van der Waals surface area contributed by atoms with Gasteiger partial charge >= 0.3 is 13.8 Å². The fourth-order valence-electron chi connectivity index (χ4n) is 6.85. The summed E-state index contributed by atoms with van der Waals surface area (Å²) in [6, 6.07) is -0.896. The largest absolute Gasteiger partial charge is 0.472 e. The van der Waals surface area contributed by atoms with Gasteiger partial charge in [0.05, 0.1) is 33.8 Å². The Labute approximate surface area is 423 Å². The molecule has 0 rings (SSSR count). The molecule has 0 aromatic carbocycles. The first-order valence-corrected chi connectivity index (χ1v) is 28.4. The molecule has 0 spiro atoms. The fraction of sp³-hybridized carbons (Fsp3) is 0.627. The van der Waals surface area contributed by atoms with Crippen molar-refractivity contribution in [3.63, 3.8) is 0 Å². The van der Waals surface area contributed by atoms with Gasteiger partial charge in [0.15, 0.2) is 0 Å². The van der Waals surface area contributed by atoms with E-state index in [1.165, 1.54) is 44.9 Å². The van der Waals surface area contributed by atoms with E-state index in [4.69, 9.17) is 13.8 Å². The number of carbonyl (C=O) groups excluding carboxylic acids is 2. The molecule has 0 bridgehead atoms. The van der Waals surface area contributed by atoms with E-state index in [9.17, 15) is 19.0 Å². The number of amides is 1. The summed E-state index contributed by atoms with van der Waals surface area (Å²) in [4.78, 5) is 37.4. The number of hydrogen-bond acceptors (Lipinski definition) is 6. The zero-order valence-electron chi connectivity index (χ0n) is 44.5. The Bertz CT molecular complexity index is 1600. The van der Waals surface area contributed by atoms with Crippen molar-refractivity contribution in [1.82, 2.24) is 5.32 Å². The molecule has 0 aliphatic rings. The number of hydrogen-bond donors (Lipinski definition) is 2. The summed E-state index contributed by atoms with van der Waals surface area (Å²) in [6.07, 6.45) is 66.4. The fourth-order valence-corrected chi connectivity index (χ4v) is 7.58. The van der Waals surface area contributed by atoms with Crippen molar-refractivity contribution in [2.24, 2.45) is 0 Å². The maximum absolute atomic E-state index is 13.4. The molecule has 1 amide bonds. The van der Waals surface area contributed by atoms with Gasteiger partial charge in [0.2, 0.25) is 5.91 Å². The quantitative estimate of drug-likeness (QED) is 0.0156. The highest BCUT2D eigenvalue weighted by atomic mass is 31.2. The molecule has 3 unspecified atom stereocenters. The highest BCUT2D eigenvalue weighted by molar-refractivity contribution is 7.47. The lowest BCUT2D eigenvalue weighted by Crippen LogP contribution is -2.47. The number of nitrogens with zero attached hydrogens (tertiary/aromatic N) is 1. The molecule has 69 heavy (non-hydrogen) atoms. The van der Waals surface area contributed by atoms with Gasteiger partial charge in [-0.25, -0.2) is 4.57 Å². The maximum Gasteiger partial charge on any atom is 0.472 e. The number of unbranched alkanes of at least 4 members (excludes halogenated alkanes) is 14. The first-order chi connectivity index (χ1) is 33.4. The average Bonchev–Trinajstić information content (AvgIpc) is 3.31. The van der Waals surface area contributed by atoms with Gasteiger partial charge in [0.1, 0.15) is 19.3 Å². The highest BCUT2D eigenvalue weighted by Gasteiger charge is 2.30. The molecule has 0 heterocycles. The van der Waals surface area contributed by atoms with Crippen LogP contribution in [0.1, 0.15) is 188 Å². The summed E-state index contributed by atoms with van der Waals surface area (Å²) in [5.41, 5.74) is 0. The van der Waals surface area contributed by atoms with Crippen LogP contribution in [0.3, 0.4) is 0 Å². The standard InChI is InChI=1S/C59H99N2O7P/c1-7-10-13-16-19-22-25-27-28-29-30-31-32-34-37-40-43-46-49-52-59(63)68-57(50-47-44-41-38-35-24-21-18-15-12-9-3)56(55-67-69(64,65)66-54-53-61(4,5)6)60-58(62)51-48-45-42-39-36-33-26-23-20-17-14-11-8-2/h10-11,13-14,17,19-20,22-23,26-28,30-31,34,37,43,46-47,50,56-57H,7-9,12,15-16,18,21,24-25,29,32-33,35-36,38-42,44-45,48-49,51-55H2,1-6H3,(H-,60,62,64,65)/p+1/b13-10-,14-11+,20-17+,22-19-,26-23-,28-27-,31-30-,37-34-,46-43-,50-47-. The third-order valence-electron chi connectivity index (χ3n) is 11.0. The Morgan fingerprint density at radius 1 is 0.536 bits per heavy atom. The minimum atomic E-state index is -4.47. The number of carbonyl (C=O) groups is 2. The van der Waals surface area contributed by atoms with Crippen molar-refractivity contribution in [2.45, 2.75) is 200 Å². The average molecular weight is 980 g/mol. The van der Waals surface area contributed by atoms with Gasteiger partial charge in [-0.2, -0.15) is 0 Å². The first-order valence-electron chi connectivity index (χ1n) is 26.9. The van der Waals surface area contributed by atoms with E-state index in [2.05, 4.69) is 117 Å². The summed E-state index contributed by atoms with van der Waals surface area (Å²) in [5.74, 6) is -0.641. The van der Waals surface area contributed by atoms with E-state index in [1.807, 2.05) is 45.4 Å². The molecule has 392 valence electrons. The number of ether oxygens (including phenoxy) is 1. The monoisotopic (exact) mass is 980 g/mol. The Morgan fingerprint density at radius 2 is 1.01 bits per heavy atom. The Balaban J connectivity index is 5.53. The Kier molecular flexibility index (Phi) is 45.6. The van der Waals surface area contributed by atoms with Crippen molar-refractivity contribution in [2.75, 3.05) is 40.9 Å². The topological polar surface area (TPSA) is 111 Å². The summed E-state index contributed by atoms with van der Waals surface area (Å²) < 4.78 is 30.4. The van der Waals surface area contributed by atoms with Crippen LogP contribution in [0.25, 0.3) is 0 Å². The van der Waals surface area contributed by atoms with E-state index in [0.29, 0.717) is 23.9 Å². The third kappa shape index (κ3) is 49.2. The van der Waals surface area contributed by atoms with E-state index >= 15 is 0 Å². The minimum absolute atomic E-state index is 0.0178. The molecular weight excluding hydrogens is 880 g/mol. The van der Waals surface area contributed by atoms with Crippen LogP contribution in [0.15, 0.2) is 122 Å². The predicted molar refractivity (Wildman–Crippen MR) is 295 cm³/mol. The van der Waals surface area contributed by atoms with Crippen LogP contribution in [0, 0.1) is 0 Å². The second kappa shape index (κ2) is 48.1. The van der Waals surface area contributed by atoms with Gasteiger partial charge in [-0.15, -0.1) is 0 Å². The number of allylic oxidation sites excluding steroid dienone is 19. The molecule has 0 aliphatic heterocycles. The number of phosphoric ester groups is 1. The second-order valence-electron chi connectivity index (χ2n) is 18.7. The normalized spacial score (nSPS) is 14.8. The zero-order valence-corrected chi connectivity index (χ0v) is 45.4. The second-order valence-corrected chi connectivity index (χ2v) is 20.1. The molecule has 0 saturated heterocycles. The number of rotatable bonds is 46. The molecule has 9 nitrogen and oxygen atoms in total. The third-order valence-corrected chi connectivity index (χ3v) is 12.0. The van der Waals surface area contributed by atoms with Crippen molar-refractivity contribution in [3.8, 4) is 0 Å².